The van der Waals surface area contributed by atoms with E-state index in [1.54, 1.807) is 6.26 Å². The van der Waals surface area contributed by atoms with E-state index in [9.17, 15) is 14.0 Å². The fourth-order valence-corrected chi connectivity index (χ4v) is 2.90. The Balaban J connectivity index is 2.43. The van der Waals surface area contributed by atoms with Gasteiger partial charge in [0.1, 0.15) is 6.29 Å². The number of carbonyl (C=O) groups is 2. The van der Waals surface area contributed by atoms with Crippen LogP contribution in [0.5, 0.6) is 5.75 Å². The number of ether oxygens (including phenoxy) is 1. The molecule has 0 radical (unpaired) electrons. The Morgan fingerprint density at radius 3 is 2.68 bits per heavy atom. The molecule has 1 unspecified atom stereocenters. The Morgan fingerprint density at radius 2 is 2.21 bits per heavy atom. The van der Waals surface area contributed by atoms with Crippen LogP contribution in [0.2, 0.25) is 0 Å². The lowest BCUT2D eigenvalue weighted by atomic mass is 9.94. The minimum atomic E-state index is -0.610. The number of hydrogen-bond acceptors (Lipinski definition) is 4. The van der Waals surface area contributed by atoms with E-state index in [1.807, 2.05) is 0 Å². The van der Waals surface area contributed by atoms with E-state index in [1.165, 1.54) is 31.0 Å². The number of halogens is 1. The van der Waals surface area contributed by atoms with Gasteiger partial charge in [-0.15, -0.1) is 11.8 Å². The largest absolute Gasteiger partial charge is 0.492 e. The molecule has 0 aromatic heterocycles. The van der Waals surface area contributed by atoms with Crippen LogP contribution in [0.1, 0.15) is 23.2 Å². The van der Waals surface area contributed by atoms with Crippen molar-refractivity contribution >= 4 is 23.8 Å². The standard InChI is InChI=1S/C14H15FO3S/c1-18-13-11(15)6-5-9(14(13)19-2)12(17)10(7-16)8-3-4-8/h5-8,10H,3-4H2,1-2H3. The lowest BCUT2D eigenvalue weighted by molar-refractivity contribution is -0.110. The molecule has 1 aromatic rings. The van der Waals surface area contributed by atoms with Crippen LogP contribution in [-0.2, 0) is 4.79 Å². The van der Waals surface area contributed by atoms with Gasteiger partial charge in [0.05, 0.1) is 17.9 Å². The number of ketones is 1. The fraction of sp³-hybridized carbons (Fsp3) is 0.429. The lowest BCUT2D eigenvalue weighted by Gasteiger charge is -2.14. The summed E-state index contributed by atoms with van der Waals surface area (Å²) in [5.41, 5.74) is 0.370. The number of hydrogen-bond donors (Lipinski definition) is 0. The predicted octanol–water partition coefficient (Wildman–Crippen LogP) is 2.96. The number of thioether (sulfide) groups is 1. The second kappa shape index (κ2) is 5.74. The summed E-state index contributed by atoms with van der Waals surface area (Å²) in [6, 6.07) is 2.64. The number of rotatable bonds is 6. The fourth-order valence-electron chi connectivity index (χ4n) is 2.15. The van der Waals surface area contributed by atoms with Gasteiger partial charge in [0, 0.05) is 5.56 Å². The Bertz CT molecular complexity index is 512. The molecule has 1 aliphatic rings. The van der Waals surface area contributed by atoms with Gasteiger partial charge in [-0.1, -0.05) is 0 Å². The van der Waals surface area contributed by atoms with Crippen molar-refractivity contribution in [3.8, 4) is 5.75 Å². The van der Waals surface area contributed by atoms with Crippen LogP contribution < -0.4 is 4.74 Å². The van der Waals surface area contributed by atoms with Crippen LogP contribution in [0.4, 0.5) is 4.39 Å². The van der Waals surface area contributed by atoms with Gasteiger partial charge >= 0.3 is 0 Å². The minimum absolute atomic E-state index is 0.0683. The van der Waals surface area contributed by atoms with Gasteiger partial charge in [-0.25, -0.2) is 4.39 Å². The molecule has 1 atom stereocenters. The Morgan fingerprint density at radius 1 is 1.53 bits per heavy atom. The highest BCUT2D eigenvalue weighted by molar-refractivity contribution is 7.98. The molecular weight excluding hydrogens is 267 g/mol. The van der Waals surface area contributed by atoms with Gasteiger partial charge in [-0.2, -0.15) is 0 Å². The van der Waals surface area contributed by atoms with Crippen molar-refractivity contribution in [3.63, 3.8) is 0 Å². The molecule has 1 saturated carbocycles. The highest BCUT2D eigenvalue weighted by Crippen LogP contribution is 2.40. The second-order valence-corrected chi connectivity index (χ2v) is 5.34. The van der Waals surface area contributed by atoms with Crippen molar-refractivity contribution in [2.75, 3.05) is 13.4 Å². The number of Topliss-reactive ketones (excluding diaryl/α,β-unsaturated/α-hetero) is 1. The minimum Gasteiger partial charge on any atom is -0.492 e. The molecule has 0 N–H and O–H groups in total. The SMILES string of the molecule is COc1c(F)ccc(C(=O)C(C=O)C2CC2)c1SC. The number of methoxy groups -OCH3 is 1. The Hall–Kier alpha value is -1.36. The molecule has 102 valence electrons. The molecule has 0 amide bonds. The van der Waals surface area contributed by atoms with Crippen LogP contribution in [0.3, 0.4) is 0 Å². The summed E-state index contributed by atoms with van der Waals surface area (Å²) in [4.78, 5) is 23.9. The van der Waals surface area contributed by atoms with Crippen LogP contribution in [0, 0.1) is 17.7 Å². The first-order valence-electron chi connectivity index (χ1n) is 6.04. The average Bonchev–Trinajstić information content (AvgIpc) is 3.23. The van der Waals surface area contributed by atoms with Crippen molar-refractivity contribution in [1.29, 1.82) is 0 Å². The van der Waals surface area contributed by atoms with Crippen LogP contribution in [0.15, 0.2) is 17.0 Å². The van der Waals surface area contributed by atoms with Crippen LogP contribution in [-0.4, -0.2) is 25.4 Å². The molecule has 0 heterocycles. The molecule has 19 heavy (non-hydrogen) atoms. The van der Waals surface area contributed by atoms with Gasteiger partial charge in [0.25, 0.3) is 0 Å². The van der Waals surface area contributed by atoms with E-state index in [0.29, 0.717) is 16.7 Å². The van der Waals surface area contributed by atoms with Crippen molar-refractivity contribution in [2.45, 2.75) is 17.7 Å². The molecule has 1 fully saturated rings. The molecule has 2 rings (SSSR count). The third-order valence-corrected chi connectivity index (χ3v) is 4.13. The van der Waals surface area contributed by atoms with Gasteiger partial charge in [0.2, 0.25) is 0 Å². The maximum Gasteiger partial charge on any atom is 0.174 e. The van der Waals surface area contributed by atoms with Gasteiger partial charge < -0.3 is 9.53 Å². The zero-order chi connectivity index (χ0) is 14.0. The lowest BCUT2D eigenvalue weighted by Crippen LogP contribution is -2.19. The van der Waals surface area contributed by atoms with Gasteiger partial charge in [-0.3, -0.25) is 4.79 Å². The van der Waals surface area contributed by atoms with Crippen molar-refractivity contribution in [3.05, 3.63) is 23.5 Å². The van der Waals surface area contributed by atoms with Crippen molar-refractivity contribution < 1.29 is 18.7 Å². The second-order valence-electron chi connectivity index (χ2n) is 4.52. The van der Waals surface area contributed by atoms with E-state index < -0.39 is 11.7 Å². The molecule has 3 nitrogen and oxygen atoms in total. The van der Waals surface area contributed by atoms with E-state index in [0.717, 1.165) is 12.8 Å². The highest BCUT2D eigenvalue weighted by Gasteiger charge is 2.37. The average molecular weight is 282 g/mol. The Kier molecular flexibility index (Phi) is 4.24. The summed E-state index contributed by atoms with van der Waals surface area (Å²) in [6.07, 6.45) is 4.27. The highest BCUT2D eigenvalue weighted by atomic mass is 32.2. The molecule has 0 spiro atoms. The summed E-state index contributed by atoms with van der Waals surface area (Å²) >= 11 is 1.25. The van der Waals surface area contributed by atoms with E-state index >= 15 is 0 Å². The Labute approximate surface area is 115 Å². The molecule has 0 aliphatic heterocycles. The van der Waals surface area contributed by atoms with E-state index in [-0.39, 0.29) is 17.5 Å². The van der Waals surface area contributed by atoms with Crippen LogP contribution >= 0.6 is 11.8 Å². The topological polar surface area (TPSA) is 43.4 Å². The normalized spacial score (nSPS) is 15.9. The first kappa shape index (κ1) is 14.1. The third kappa shape index (κ3) is 2.66. The summed E-state index contributed by atoms with van der Waals surface area (Å²) in [7, 11) is 1.37. The smallest absolute Gasteiger partial charge is 0.174 e. The first-order valence-corrected chi connectivity index (χ1v) is 7.26. The molecule has 0 saturated heterocycles. The quantitative estimate of drug-likeness (QED) is 0.348. The zero-order valence-corrected chi connectivity index (χ0v) is 11.6. The predicted molar refractivity (Wildman–Crippen MR) is 71.3 cm³/mol. The summed E-state index contributed by atoms with van der Waals surface area (Å²) in [5, 5.41) is 0. The summed E-state index contributed by atoms with van der Waals surface area (Å²) in [5.74, 6) is -1.13. The summed E-state index contributed by atoms with van der Waals surface area (Å²) in [6.45, 7) is 0. The zero-order valence-electron chi connectivity index (χ0n) is 10.8. The van der Waals surface area contributed by atoms with Crippen LogP contribution in [0.25, 0.3) is 0 Å². The maximum absolute atomic E-state index is 13.6. The summed E-state index contributed by atoms with van der Waals surface area (Å²) < 4.78 is 18.6. The molecule has 0 bridgehead atoms. The molecular formula is C14H15FO3S. The molecule has 1 aromatic carbocycles. The van der Waals surface area contributed by atoms with Gasteiger partial charge in [-0.05, 0) is 37.1 Å². The molecule has 1 aliphatic carbocycles. The number of aldehydes is 1. The monoisotopic (exact) mass is 282 g/mol. The van der Waals surface area contributed by atoms with Gasteiger partial charge in [0.15, 0.2) is 17.3 Å². The maximum atomic E-state index is 13.6. The van der Waals surface area contributed by atoms with E-state index in [4.69, 9.17) is 4.74 Å². The third-order valence-electron chi connectivity index (χ3n) is 3.32. The first-order chi connectivity index (χ1) is 9.13. The van der Waals surface area contributed by atoms with Crippen molar-refractivity contribution in [2.24, 2.45) is 11.8 Å². The molecule has 5 heteroatoms. The van der Waals surface area contributed by atoms with Crippen molar-refractivity contribution in [1.82, 2.24) is 0 Å². The number of benzene rings is 1. The van der Waals surface area contributed by atoms with E-state index in [2.05, 4.69) is 0 Å². The number of carbonyl (C=O) groups excluding carboxylic acids is 2.